The summed E-state index contributed by atoms with van der Waals surface area (Å²) in [6.07, 6.45) is 0. The molecule has 4 nitrogen and oxygen atoms in total. The Labute approximate surface area is 85.1 Å². The first kappa shape index (κ1) is 8.83. The molecule has 0 spiro atoms. The zero-order valence-electron chi connectivity index (χ0n) is 7.29. The van der Waals surface area contributed by atoms with Crippen molar-refractivity contribution in [2.75, 3.05) is 0 Å². The fourth-order valence-corrected chi connectivity index (χ4v) is 1.43. The fourth-order valence-electron chi connectivity index (χ4n) is 0.992. The standard InChI is InChI=1S/C9H8N4S/c10-8(7-4-2-1-3-5-7)12-9-13-11-6-14-9/h1-6H,(H2,10,12,13). The highest BCUT2D eigenvalue weighted by atomic mass is 32.1. The number of aromatic nitrogens is 2. The normalized spacial score (nSPS) is 11.6. The molecule has 0 fully saturated rings. The lowest BCUT2D eigenvalue weighted by molar-refractivity contribution is 1.08. The Bertz CT molecular complexity index is 421. The van der Waals surface area contributed by atoms with Gasteiger partial charge in [-0.1, -0.05) is 41.7 Å². The van der Waals surface area contributed by atoms with Crippen LogP contribution in [0, 0.1) is 0 Å². The number of nitrogens with zero attached hydrogens (tertiary/aromatic N) is 3. The maximum atomic E-state index is 5.78. The molecule has 1 aromatic carbocycles. The van der Waals surface area contributed by atoms with Crippen LogP contribution >= 0.6 is 11.3 Å². The molecule has 0 aliphatic heterocycles. The Balaban J connectivity index is 2.29. The molecular formula is C9H8N4S. The van der Waals surface area contributed by atoms with Gasteiger partial charge in [0.05, 0.1) is 0 Å². The van der Waals surface area contributed by atoms with Crippen LogP contribution in [0.1, 0.15) is 5.56 Å². The summed E-state index contributed by atoms with van der Waals surface area (Å²) in [4.78, 5) is 4.13. The van der Waals surface area contributed by atoms with Crippen LogP contribution in [0.4, 0.5) is 5.13 Å². The fraction of sp³-hybridized carbons (Fsp3) is 0. The van der Waals surface area contributed by atoms with Crippen molar-refractivity contribution < 1.29 is 0 Å². The second-order valence-electron chi connectivity index (χ2n) is 2.58. The minimum Gasteiger partial charge on any atom is -0.383 e. The zero-order chi connectivity index (χ0) is 9.80. The molecule has 2 rings (SSSR count). The second kappa shape index (κ2) is 3.97. The highest BCUT2D eigenvalue weighted by Crippen LogP contribution is 2.13. The zero-order valence-corrected chi connectivity index (χ0v) is 8.11. The average Bonchev–Trinajstić information content (AvgIpc) is 2.72. The molecule has 0 amide bonds. The lowest BCUT2D eigenvalue weighted by Crippen LogP contribution is -2.12. The van der Waals surface area contributed by atoms with Crippen molar-refractivity contribution in [1.82, 2.24) is 10.2 Å². The van der Waals surface area contributed by atoms with E-state index in [1.165, 1.54) is 11.3 Å². The van der Waals surface area contributed by atoms with Crippen molar-refractivity contribution in [3.8, 4) is 0 Å². The van der Waals surface area contributed by atoms with Gasteiger partial charge in [0.25, 0.3) is 0 Å². The van der Waals surface area contributed by atoms with Gasteiger partial charge in [-0.3, -0.25) is 0 Å². The first-order valence-electron chi connectivity index (χ1n) is 4.02. The molecule has 0 radical (unpaired) electrons. The second-order valence-corrected chi connectivity index (χ2v) is 3.40. The number of hydrogen-bond donors (Lipinski definition) is 1. The van der Waals surface area contributed by atoms with Gasteiger partial charge in [-0.15, -0.1) is 10.2 Å². The third-order valence-corrected chi connectivity index (χ3v) is 2.22. The van der Waals surface area contributed by atoms with Crippen LogP contribution in [0.15, 0.2) is 40.8 Å². The Morgan fingerprint density at radius 3 is 2.71 bits per heavy atom. The summed E-state index contributed by atoms with van der Waals surface area (Å²) >= 11 is 1.36. The molecule has 2 aromatic rings. The average molecular weight is 204 g/mol. The first-order chi connectivity index (χ1) is 6.86. The Morgan fingerprint density at radius 1 is 1.29 bits per heavy atom. The molecule has 0 bridgehead atoms. The molecule has 0 aliphatic rings. The molecule has 0 unspecified atom stereocenters. The van der Waals surface area contributed by atoms with E-state index in [9.17, 15) is 0 Å². The van der Waals surface area contributed by atoms with Gasteiger partial charge in [0, 0.05) is 5.56 Å². The Kier molecular flexibility index (Phi) is 2.51. The lowest BCUT2D eigenvalue weighted by Gasteiger charge is -1.97. The molecule has 0 atom stereocenters. The predicted molar refractivity (Wildman–Crippen MR) is 56.7 cm³/mol. The van der Waals surface area contributed by atoms with Gasteiger partial charge in [0.1, 0.15) is 11.3 Å². The summed E-state index contributed by atoms with van der Waals surface area (Å²) in [5, 5.41) is 8.03. The van der Waals surface area contributed by atoms with Crippen LogP contribution in [0.25, 0.3) is 0 Å². The summed E-state index contributed by atoms with van der Waals surface area (Å²) in [7, 11) is 0. The third-order valence-electron chi connectivity index (χ3n) is 1.63. The highest BCUT2D eigenvalue weighted by molar-refractivity contribution is 7.13. The van der Waals surface area contributed by atoms with Crippen LogP contribution in [0.3, 0.4) is 0 Å². The molecule has 0 saturated heterocycles. The smallest absolute Gasteiger partial charge is 0.233 e. The maximum Gasteiger partial charge on any atom is 0.233 e. The first-order valence-corrected chi connectivity index (χ1v) is 4.90. The number of nitrogens with two attached hydrogens (primary N) is 1. The summed E-state index contributed by atoms with van der Waals surface area (Å²) in [6, 6.07) is 9.57. The predicted octanol–water partition coefficient (Wildman–Crippen LogP) is 1.58. The largest absolute Gasteiger partial charge is 0.383 e. The summed E-state index contributed by atoms with van der Waals surface area (Å²) in [6.45, 7) is 0. The van der Waals surface area contributed by atoms with Crippen LogP contribution in [-0.4, -0.2) is 16.0 Å². The van der Waals surface area contributed by atoms with Gasteiger partial charge in [0.15, 0.2) is 0 Å². The molecule has 1 heterocycles. The lowest BCUT2D eigenvalue weighted by atomic mass is 10.2. The number of rotatable bonds is 2. The van der Waals surface area contributed by atoms with Crippen molar-refractivity contribution in [1.29, 1.82) is 0 Å². The number of hydrogen-bond acceptors (Lipinski definition) is 4. The van der Waals surface area contributed by atoms with Crippen molar-refractivity contribution in [3.05, 3.63) is 41.4 Å². The van der Waals surface area contributed by atoms with E-state index in [4.69, 9.17) is 5.73 Å². The van der Waals surface area contributed by atoms with Gasteiger partial charge < -0.3 is 5.73 Å². The quantitative estimate of drug-likeness (QED) is 0.596. The van der Waals surface area contributed by atoms with Crippen molar-refractivity contribution in [2.24, 2.45) is 10.7 Å². The highest BCUT2D eigenvalue weighted by Gasteiger charge is 1.98. The molecular weight excluding hydrogens is 196 g/mol. The monoisotopic (exact) mass is 204 g/mol. The maximum absolute atomic E-state index is 5.78. The van der Waals surface area contributed by atoms with Gasteiger partial charge >= 0.3 is 0 Å². The molecule has 70 valence electrons. The van der Waals surface area contributed by atoms with E-state index in [1.54, 1.807) is 5.51 Å². The summed E-state index contributed by atoms with van der Waals surface area (Å²) < 4.78 is 0. The molecule has 0 aliphatic carbocycles. The Hall–Kier alpha value is -1.75. The number of benzene rings is 1. The van der Waals surface area contributed by atoms with Crippen LogP contribution < -0.4 is 5.73 Å². The van der Waals surface area contributed by atoms with E-state index < -0.39 is 0 Å². The van der Waals surface area contributed by atoms with E-state index in [0.717, 1.165) is 5.56 Å². The number of amidine groups is 1. The van der Waals surface area contributed by atoms with E-state index in [0.29, 0.717) is 11.0 Å². The van der Waals surface area contributed by atoms with Crippen molar-refractivity contribution >= 4 is 22.3 Å². The van der Waals surface area contributed by atoms with Gasteiger partial charge in [-0.25, -0.2) is 4.99 Å². The van der Waals surface area contributed by atoms with Crippen molar-refractivity contribution in [2.45, 2.75) is 0 Å². The number of aliphatic imine (C=N–C) groups is 1. The van der Waals surface area contributed by atoms with Gasteiger partial charge in [-0.05, 0) is 0 Å². The molecule has 14 heavy (non-hydrogen) atoms. The minimum atomic E-state index is 0.461. The molecule has 1 aromatic heterocycles. The minimum absolute atomic E-state index is 0.461. The summed E-state index contributed by atoms with van der Waals surface area (Å²) in [5.74, 6) is 0.461. The van der Waals surface area contributed by atoms with Crippen LogP contribution in [0.5, 0.6) is 0 Å². The Morgan fingerprint density at radius 2 is 2.07 bits per heavy atom. The van der Waals surface area contributed by atoms with E-state index in [2.05, 4.69) is 15.2 Å². The van der Waals surface area contributed by atoms with Gasteiger partial charge in [0.2, 0.25) is 5.13 Å². The SMILES string of the molecule is NC(=Nc1nncs1)c1ccccc1. The van der Waals surface area contributed by atoms with E-state index in [-0.39, 0.29) is 0 Å². The van der Waals surface area contributed by atoms with Crippen LogP contribution in [-0.2, 0) is 0 Å². The third kappa shape index (κ3) is 1.94. The van der Waals surface area contributed by atoms with Crippen molar-refractivity contribution in [3.63, 3.8) is 0 Å². The van der Waals surface area contributed by atoms with E-state index >= 15 is 0 Å². The molecule has 5 heteroatoms. The topological polar surface area (TPSA) is 64.2 Å². The molecule has 0 saturated carbocycles. The summed E-state index contributed by atoms with van der Waals surface area (Å²) in [5.41, 5.74) is 8.29. The van der Waals surface area contributed by atoms with Crippen LogP contribution in [0.2, 0.25) is 0 Å². The van der Waals surface area contributed by atoms with Gasteiger partial charge in [-0.2, -0.15) is 0 Å². The molecule has 2 N–H and O–H groups in total. The van der Waals surface area contributed by atoms with E-state index in [1.807, 2.05) is 30.3 Å².